The van der Waals surface area contributed by atoms with Gasteiger partial charge in [-0.2, -0.15) is 0 Å². The van der Waals surface area contributed by atoms with Gasteiger partial charge >= 0.3 is 21.1 Å². The zero-order valence-electron chi connectivity index (χ0n) is 19.8. The number of benzene rings is 2. The van der Waals surface area contributed by atoms with Gasteiger partial charge in [-0.15, -0.1) is 69.8 Å². The summed E-state index contributed by atoms with van der Waals surface area (Å²) in [5.74, 6) is 1.63. The monoisotopic (exact) mass is 619 g/mol. The van der Waals surface area contributed by atoms with Crippen LogP contribution in [0.15, 0.2) is 60.9 Å². The van der Waals surface area contributed by atoms with Crippen molar-refractivity contribution in [1.29, 1.82) is 0 Å². The molecule has 0 amide bonds. The van der Waals surface area contributed by atoms with E-state index in [-0.39, 0.29) is 21.1 Å². The van der Waals surface area contributed by atoms with Gasteiger partial charge in [0.05, 0.1) is 14.2 Å². The van der Waals surface area contributed by atoms with Crippen LogP contribution in [-0.4, -0.2) is 24.2 Å². The maximum absolute atomic E-state index is 5.18. The van der Waals surface area contributed by atoms with Crippen LogP contribution in [0.3, 0.4) is 0 Å². The number of ether oxygens (including phenoxy) is 2. The third-order valence-electron chi connectivity index (χ3n) is 5.31. The number of methoxy groups -OCH3 is 2. The molecule has 0 N–H and O–H groups in total. The predicted octanol–water partition coefficient (Wildman–Crippen LogP) is 6.35. The van der Waals surface area contributed by atoms with Crippen LogP contribution in [0.2, 0.25) is 0 Å². The van der Waals surface area contributed by atoms with Crippen molar-refractivity contribution in [2.75, 3.05) is 14.2 Å². The summed E-state index contributed by atoms with van der Waals surface area (Å²) >= 11 is 0. The molecule has 0 aliphatic rings. The van der Waals surface area contributed by atoms with Crippen molar-refractivity contribution in [3.63, 3.8) is 0 Å². The zero-order valence-corrected chi connectivity index (χ0v) is 22.1. The third kappa shape index (κ3) is 7.00. The molecule has 0 spiro atoms. The smallest absolute Gasteiger partial charge is 0.497 e. The summed E-state index contributed by atoms with van der Waals surface area (Å²) in [6, 6.07) is 22.4. The van der Waals surface area contributed by atoms with Gasteiger partial charge in [-0.1, -0.05) is 27.7 Å². The van der Waals surface area contributed by atoms with Crippen LogP contribution in [0.1, 0.15) is 22.3 Å². The van der Waals surface area contributed by atoms with Gasteiger partial charge in [0.25, 0.3) is 0 Å². The Balaban J connectivity index is 0.000000227. The fourth-order valence-electron chi connectivity index (χ4n) is 3.02. The summed E-state index contributed by atoms with van der Waals surface area (Å²) in [6.07, 6.45) is 3.49. The molecule has 4 aromatic rings. The fraction of sp³-hybridized carbons (Fsp3) is 0.214. The van der Waals surface area contributed by atoms with E-state index in [0.717, 1.165) is 45.1 Å². The number of rotatable bonds is 4. The average molecular weight is 620 g/mol. The average Bonchev–Trinajstić information content (AvgIpc) is 2.83. The summed E-state index contributed by atoms with van der Waals surface area (Å²) in [7, 11) is 3.31. The van der Waals surface area contributed by atoms with Crippen LogP contribution < -0.4 is 9.47 Å². The molecule has 2 aromatic carbocycles. The first kappa shape index (κ1) is 26.3. The van der Waals surface area contributed by atoms with Crippen LogP contribution in [0.25, 0.3) is 22.5 Å². The standard InChI is InChI=1S/2C14H14NO.Pt/c2*1-10-4-5-12(8-11(10)2)14-9-13(16-3)6-7-15-14;/h2*4-7,9H,1-3H3;/q2*-1;+2. The molecular weight excluding hydrogens is 591 g/mol. The molecular formula is C28H28N2O2Pt. The van der Waals surface area contributed by atoms with Crippen LogP contribution in [-0.2, 0) is 21.1 Å². The van der Waals surface area contributed by atoms with Gasteiger partial charge in [-0.25, -0.2) is 0 Å². The number of aryl methyl sites for hydroxylation is 4. The van der Waals surface area contributed by atoms with Gasteiger partial charge in [0.1, 0.15) is 11.5 Å². The number of aromatic nitrogens is 2. The van der Waals surface area contributed by atoms with Gasteiger partial charge in [0.2, 0.25) is 0 Å². The van der Waals surface area contributed by atoms with Gasteiger partial charge in [-0.3, -0.25) is 0 Å². The van der Waals surface area contributed by atoms with E-state index >= 15 is 0 Å². The molecule has 2 heterocycles. The van der Waals surface area contributed by atoms with Crippen molar-refractivity contribution in [2.24, 2.45) is 0 Å². The largest absolute Gasteiger partial charge is 2.00 e. The second kappa shape index (κ2) is 12.3. The number of nitrogens with zero attached hydrogens (tertiary/aromatic N) is 2. The summed E-state index contributed by atoms with van der Waals surface area (Å²) in [5, 5.41) is 0. The van der Waals surface area contributed by atoms with E-state index < -0.39 is 0 Å². The summed E-state index contributed by atoms with van der Waals surface area (Å²) in [5.41, 5.74) is 8.58. The molecule has 0 atom stereocenters. The predicted molar refractivity (Wildman–Crippen MR) is 129 cm³/mol. The Morgan fingerprint density at radius 3 is 1.33 bits per heavy atom. The minimum atomic E-state index is 0. The maximum Gasteiger partial charge on any atom is 2.00 e. The SMILES string of the molecule is COc1ccnc(-c2[c-]c(C)c(C)cc2)c1.COc1ccnc(-c2[c-]c(C)c(C)cc2)c1.[Pt+2]. The number of hydrogen-bond acceptors (Lipinski definition) is 4. The number of pyridine rings is 2. The van der Waals surface area contributed by atoms with Gasteiger partial charge < -0.3 is 19.4 Å². The Morgan fingerprint density at radius 2 is 1.00 bits per heavy atom. The van der Waals surface area contributed by atoms with E-state index in [2.05, 4.69) is 61.9 Å². The van der Waals surface area contributed by atoms with Gasteiger partial charge in [0.15, 0.2) is 0 Å². The van der Waals surface area contributed by atoms with E-state index in [4.69, 9.17) is 9.47 Å². The third-order valence-corrected chi connectivity index (χ3v) is 5.31. The molecule has 172 valence electrons. The van der Waals surface area contributed by atoms with Crippen molar-refractivity contribution in [1.82, 2.24) is 9.97 Å². The molecule has 0 unspecified atom stereocenters. The topological polar surface area (TPSA) is 44.2 Å². The first-order chi connectivity index (χ1) is 15.4. The molecule has 0 saturated carbocycles. The van der Waals surface area contributed by atoms with Crippen molar-refractivity contribution < 1.29 is 30.5 Å². The molecule has 0 radical (unpaired) electrons. The van der Waals surface area contributed by atoms with E-state index in [1.165, 1.54) is 11.1 Å². The Morgan fingerprint density at radius 1 is 0.606 bits per heavy atom. The molecule has 0 fully saturated rings. The molecule has 4 nitrogen and oxygen atoms in total. The van der Waals surface area contributed by atoms with E-state index in [1.54, 1.807) is 26.6 Å². The first-order valence-corrected chi connectivity index (χ1v) is 10.4. The summed E-state index contributed by atoms with van der Waals surface area (Å²) in [6.45, 7) is 8.27. The van der Waals surface area contributed by atoms with Gasteiger partial charge in [-0.05, 0) is 35.7 Å². The van der Waals surface area contributed by atoms with Crippen molar-refractivity contribution in [3.05, 3.63) is 95.3 Å². The first-order valence-electron chi connectivity index (χ1n) is 10.4. The second-order valence-electron chi connectivity index (χ2n) is 7.52. The Labute approximate surface area is 211 Å². The maximum atomic E-state index is 5.18. The summed E-state index contributed by atoms with van der Waals surface area (Å²) in [4.78, 5) is 8.63. The molecule has 4 rings (SSSR count). The van der Waals surface area contributed by atoms with Crippen LogP contribution >= 0.6 is 0 Å². The number of hydrogen-bond donors (Lipinski definition) is 0. The summed E-state index contributed by atoms with van der Waals surface area (Å²) < 4.78 is 10.4. The minimum absolute atomic E-state index is 0. The molecule has 5 heteroatoms. The minimum Gasteiger partial charge on any atom is -0.497 e. The van der Waals surface area contributed by atoms with Crippen molar-refractivity contribution in [3.8, 4) is 34.0 Å². The zero-order chi connectivity index (χ0) is 23.1. The normalized spacial score (nSPS) is 9.88. The van der Waals surface area contributed by atoms with Gasteiger partial charge in [0, 0.05) is 12.4 Å². The van der Waals surface area contributed by atoms with E-state index in [1.807, 2.05) is 36.4 Å². The Hall–Kier alpha value is -2.97. The van der Waals surface area contributed by atoms with Crippen LogP contribution in [0.5, 0.6) is 11.5 Å². The van der Waals surface area contributed by atoms with Crippen molar-refractivity contribution >= 4 is 0 Å². The van der Waals surface area contributed by atoms with E-state index in [0.29, 0.717) is 0 Å². The Kier molecular flexibility index (Phi) is 9.81. The molecule has 0 aliphatic heterocycles. The molecule has 33 heavy (non-hydrogen) atoms. The fourth-order valence-corrected chi connectivity index (χ4v) is 3.02. The molecule has 0 aliphatic carbocycles. The molecule has 0 saturated heterocycles. The molecule has 0 bridgehead atoms. The van der Waals surface area contributed by atoms with Crippen LogP contribution in [0.4, 0.5) is 0 Å². The Bertz CT molecular complexity index is 1110. The van der Waals surface area contributed by atoms with Crippen molar-refractivity contribution in [2.45, 2.75) is 27.7 Å². The van der Waals surface area contributed by atoms with E-state index in [9.17, 15) is 0 Å². The molecule has 2 aromatic heterocycles. The second-order valence-corrected chi connectivity index (χ2v) is 7.52. The quantitative estimate of drug-likeness (QED) is 0.250. The van der Waals surface area contributed by atoms with Crippen LogP contribution in [0, 0.1) is 39.8 Å².